The first kappa shape index (κ1) is 21.4. The van der Waals surface area contributed by atoms with Crippen LogP contribution < -0.4 is 0 Å². The molecule has 1 aliphatic carbocycles. The maximum Gasteiger partial charge on any atom is 0.410 e. The minimum atomic E-state index is -0.223. The summed E-state index contributed by atoms with van der Waals surface area (Å²) in [5, 5.41) is 0. The summed E-state index contributed by atoms with van der Waals surface area (Å²) in [6, 6.07) is 21.0. The molecule has 1 fully saturated rings. The first-order chi connectivity index (χ1) is 14.0. The van der Waals surface area contributed by atoms with E-state index in [1.54, 1.807) is 0 Å². The number of amides is 1. The van der Waals surface area contributed by atoms with E-state index >= 15 is 0 Å². The molecular weight excluding hydrogens is 360 g/mol. The van der Waals surface area contributed by atoms with Gasteiger partial charge in [0.2, 0.25) is 0 Å². The van der Waals surface area contributed by atoms with Crippen molar-refractivity contribution in [3.8, 4) is 0 Å². The van der Waals surface area contributed by atoms with Gasteiger partial charge in [0.05, 0.1) is 0 Å². The van der Waals surface area contributed by atoms with Gasteiger partial charge in [0.25, 0.3) is 0 Å². The summed E-state index contributed by atoms with van der Waals surface area (Å²) in [6.07, 6.45) is 5.16. The van der Waals surface area contributed by atoms with Gasteiger partial charge < -0.3 is 14.5 Å². The molecule has 2 aromatic rings. The zero-order chi connectivity index (χ0) is 20.7. The van der Waals surface area contributed by atoms with E-state index in [0.29, 0.717) is 6.61 Å². The molecule has 4 nitrogen and oxygen atoms in total. The van der Waals surface area contributed by atoms with E-state index in [-0.39, 0.29) is 17.6 Å². The molecule has 156 valence electrons. The van der Waals surface area contributed by atoms with Crippen LogP contribution in [0, 0.1) is 0 Å². The minimum absolute atomic E-state index is 0.205. The van der Waals surface area contributed by atoms with Crippen LogP contribution in [-0.4, -0.2) is 49.6 Å². The summed E-state index contributed by atoms with van der Waals surface area (Å²) >= 11 is 0. The highest BCUT2D eigenvalue weighted by Crippen LogP contribution is 2.43. The smallest absolute Gasteiger partial charge is 0.410 e. The standard InChI is InChI=1S/C25H34N2O2/c1-26(2)19-18-25(22-12-8-5-9-13-22)16-14-23(15-17-25)27(3)24(28)29-20-21-10-6-4-7-11-21/h4-13,23H,14-20H2,1-3H3. The molecule has 4 heteroatoms. The Morgan fingerprint density at radius 1 is 0.966 bits per heavy atom. The molecular formula is C25H34N2O2. The molecule has 0 atom stereocenters. The summed E-state index contributed by atoms with van der Waals surface area (Å²) < 4.78 is 5.54. The topological polar surface area (TPSA) is 32.8 Å². The van der Waals surface area contributed by atoms with Crippen LogP contribution in [-0.2, 0) is 16.8 Å². The number of carbonyl (C=O) groups is 1. The van der Waals surface area contributed by atoms with E-state index in [9.17, 15) is 4.79 Å². The van der Waals surface area contributed by atoms with Gasteiger partial charge in [-0.2, -0.15) is 0 Å². The average Bonchev–Trinajstić information content (AvgIpc) is 2.77. The second-order valence-electron chi connectivity index (χ2n) is 8.58. The molecule has 0 saturated heterocycles. The van der Waals surface area contributed by atoms with Crippen molar-refractivity contribution in [2.24, 2.45) is 0 Å². The number of hydrogen-bond donors (Lipinski definition) is 0. The Labute approximate surface area is 175 Å². The summed E-state index contributed by atoms with van der Waals surface area (Å²) in [6.45, 7) is 1.40. The fourth-order valence-electron chi connectivity index (χ4n) is 4.42. The van der Waals surface area contributed by atoms with Crippen molar-refractivity contribution in [2.45, 2.75) is 50.2 Å². The van der Waals surface area contributed by atoms with Crippen LogP contribution in [0.1, 0.15) is 43.2 Å². The van der Waals surface area contributed by atoms with Crippen molar-refractivity contribution in [1.29, 1.82) is 0 Å². The van der Waals surface area contributed by atoms with Crippen LogP contribution in [0.2, 0.25) is 0 Å². The lowest BCUT2D eigenvalue weighted by Gasteiger charge is -2.43. The Hall–Kier alpha value is -2.33. The van der Waals surface area contributed by atoms with Crippen LogP contribution in [0.4, 0.5) is 4.79 Å². The zero-order valence-corrected chi connectivity index (χ0v) is 18.0. The average molecular weight is 395 g/mol. The summed E-state index contributed by atoms with van der Waals surface area (Å²) in [5.74, 6) is 0. The molecule has 0 N–H and O–H groups in total. The van der Waals surface area contributed by atoms with Gasteiger partial charge in [-0.15, -0.1) is 0 Å². The normalized spacial score (nSPS) is 21.7. The first-order valence-electron chi connectivity index (χ1n) is 10.6. The van der Waals surface area contributed by atoms with Crippen molar-refractivity contribution in [2.75, 3.05) is 27.7 Å². The molecule has 0 bridgehead atoms. The number of benzene rings is 2. The van der Waals surface area contributed by atoms with Crippen molar-refractivity contribution in [3.05, 3.63) is 71.8 Å². The molecule has 1 saturated carbocycles. The van der Waals surface area contributed by atoms with Gasteiger partial charge in [0.1, 0.15) is 6.61 Å². The van der Waals surface area contributed by atoms with Gasteiger partial charge in [-0.25, -0.2) is 4.79 Å². The van der Waals surface area contributed by atoms with Gasteiger partial charge in [-0.05, 0) is 69.3 Å². The molecule has 0 heterocycles. The molecule has 0 radical (unpaired) electrons. The number of rotatable bonds is 7. The third kappa shape index (κ3) is 5.60. The largest absolute Gasteiger partial charge is 0.445 e. The highest BCUT2D eigenvalue weighted by molar-refractivity contribution is 5.67. The van der Waals surface area contributed by atoms with Crippen LogP contribution >= 0.6 is 0 Å². The van der Waals surface area contributed by atoms with Gasteiger partial charge in [0.15, 0.2) is 0 Å². The highest BCUT2D eigenvalue weighted by Gasteiger charge is 2.38. The van der Waals surface area contributed by atoms with E-state index in [4.69, 9.17) is 4.74 Å². The fourth-order valence-corrected chi connectivity index (χ4v) is 4.42. The van der Waals surface area contributed by atoms with Gasteiger partial charge in [0, 0.05) is 13.1 Å². The van der Waals surface area contributed by atoms with E-state index in [1.807, 2.05) is 42.3 Å². The predicted molar refractivity (Wildman–Crippen MR) is 118 cm³/mol. The molecule has 0 unspecified atom stereocenters. The van der Waals surface area contributed by atoms with Gasteiger partial charge >= 0.3 is 6.09 Å². The van der Waals surface area contributed by atoms with Crippen molar-refractivity contribution in [1.82, 2.24) is 9.80 Å². The van der Waals surface area contributed by atoms with Crippen LogP contribution in [0.5, 0.6) is 0 Å². The summed E-state index contributed by atoms with van der Waals surface area (Å²) in [7, 11) is 6.16. The molecule has 3 rings (SSSR count). The monoisotopic (exact) mass is 394 g/mol. The van der Waals surface area contributed by atoms with Crippen LogP contribution in [0.25, 0.3) is 0 Å². The zero-order valence-electron chi connectivity index (χ0n) is 18.0. The second-order valence-corrected chi connectivity index (χ2v) is 8.58. The Bertz CT molecular complexity index is 753. The third-order valence-corrected chi connectivity index (χ3v) is 6.38. The Balaban J connectivity index is 1.59. The summed E-state index contributed by atoms with van der Waals surface area (Å²) in [4.78, 5) is 16.6. The predicted octanol–water partition coefficient (Wildman–Crippen LogP) is 5.09. The van der Waals surface area contributed by atoms with E-state index < -0.39 is 0 Å². The molecule has 2 aromatic carbocycles. The van der Waals surface area contributed by atoms with E-state index in [1.165, 1.54) is 5.56 Å². The van der Waals surface area contributed by atoms with Crippen molar-refractivity contribution >= 4 is 6.09 Å². The number of carbonyl (C=O) groups excluding carboxylic acids is 1. The quantitative estimate of drug-likeness (QED) is 0.656. The molecule has 1 amide bonds. The maximum atomic E-state index is 12.6. The van der Waals surface area contributed by atoms with Crippen LogP contribution in [0.3, 0.4) is 0 Å². The van der Waals surface area contributed by atoms with Crippen molar-refractivity contribution in [3.63, 3.8) is 0 Å². The number of hydrogen-bond acceptors (Lipinski definition) is 3. The molecule has 0 aliphatic heterocycles. The Morgan fingerprint density at radius 2 is 1.55 bits per heavy atom. The van der Waals surface area contributed by atoms with Gasteiger partial charge in [-0.1, -0.05) is 60.7 Å². The lowest BCUT2D eigenvalue weighted by Crippen LogP contribution is -2.44. The molecule has 1 aliphatic rings. The number of ether oxygens (including phenoxy) is 1. The first-order valence-corrected chi connectivity index (χ1v) is 10.6. The van der Waals surface area contributed by atoms with Crippen molar-refractivity contribution < 1.29 is 9.53 Å². The summed E-state index contributed by atoms with van der Waals surface area (Å²) in [5.41, 5.74) is 2.66. The molecule has 0 spiro atoms. The molecule has 0 aromatic heterocycles. The lowest BCUT2D eigenvalue weighted by molar-refractivity contribution is 0.0743. The van der Waals surface area contributed by atoms with Gasteiger partial charge in [-0.3, -0.25) is 0 Å². The van der Waals surface area contributed by atoms with Crippen LogP contribution in [0.15, 0.2) is 60.7 Å². The molecule has 29 heavy (non-hydrogen) atoms. The van der Waals surface area contributed by atoms with E-state index in [0.717, 1.165) is 44.2 Å². The SMILES string of the molecule is CN(C)CCC1(c2ccccc2)CCC(N(C)C(=O)OCc2ccccc2)CC1. The number of nitrogens with zero attached hydrogens (tertiary/aromatic N) is 2. The highest BCUT2D eigenvalue weighted by atomic mass is 16.6. The fraction of sp³-hybridized carbons (Fsp3) is 0.480. The maximum absolute atomic E-state index is 12.6. The third-order valence-electron chi connectivity index (χ3n) is 6.38. The Kier molecular flexibility index (Phi) is 7.32. The minimum Gasteiger partial charge on any atom is -0.445 e. The Morgan fingerprint density at radius 3 is 2.14 bits per heavy atom. The van der Waals surface area contributed by atoms with E-state index in [2.05, 4.69) is 49.3 Å². The lowest BCUT2D eigenvalue weighted by atomic mass is 9.66. The second kappa shape index (κ2) is 9.93.